The predicted octanol–water partition coefficient (Wildman–Crippen LogP) is 3.70. The summed E-state index contributed by atoms with van der Waals surface area (Å²) < 4.78 is 71.7. The van der Waals surface area contributed by atoms with E-state index in [2.05, 4.69) is 26.6 Å². The molecule has 1 aliphatic carbocycles. The molecule has 0 spiro atoms. The van der Waals surface area contributed by atoms with Crippen molar-refractivity contribution < 1.29 is 90.7 Å². The van der Waals surface area contributed by atoms with E-state index in [1.807, 2.05) is 60.3 Å². The minimum absolute atomic E-state index is 0.0329. The van der Waals surface area contributed by atoms with Crippen LogP contribution in [0.5, 0.6) is 0 Å². The maximum Gasteiger partial charge on any atom is 0.407 e. The quantitative estimate of drug-likeness (QED) is 0.0407. The molecule has 2 aromatic carbocycles. The van der Waals surface area contributed by atoms with E-state index in [1.165, 1.54) is 0 Å². The van der Waals surface area contributed by atoms with Gasteiger partial charge in [0.05, 0.1) is 171 Å². The van der Waals surface area contributed by atoms with Crippen LogP contribution in [0.15, 0.2) is 48.5 Å². The molecular weight excluding hydrogens is 1100 g/mol. The van der Waals surface area contributed by atoms with E-state index in [4.69, 9.17) is 61.6 Å². The number of hydrogen-bond acceptors (Lipinski definition) is 19. The molecule has 83 heavy (non-hydrogen) atoms. The number of nitrogens with one attached hydrogen (secondary N) is 5. The second kappa shape index (κ2) is 44.7. The Morgan fingerprint density at radius 2 is 0.952 bits per heavy atom. The van der Waals surface area contributed by atoms with Crippen LogP contribution in [0, 0.1) is 0 Å². The molecule has 5 amide bonds. The van der Waals surface area contributed by atoms with Gasteiger partial charge in [-0.15, -0.1) is 0 Å². The van der Waals surface area contributed by atoms with Crippen molar-refractivity contribution in [3.8, 4) is 11.1 Å². The number of unbranched alkanes of at least 4 members (excludes halogenated alkanes) is 2. The van der Waals surface area contributed by atoms with Crippen LogP contribution in [0.2, 0.25) is 0 Å². The summed E-state index contributed by atoms with van der Waals surface area (Å²) in [5.41, 5.74) is 4.35. The molecule has 2 aliphatic heterocycles. The number of carbonyl (C=O) groups is 5. The first-order valence-electron chi connectivity index (χ1n) is 29.3. The molecule has 468 valence electrons. The number of carboxylic acid groups (broad SMARTS) is 1. The summed E-state index contributed by atoms with van der Waals surface area (Å²) in [5, 5.41) is 24.2. The highest BCUT2D eigenvalue weighted by atomic mass is 32.2. The van der Waals surface area contributed by atoms with Gasteiger partial charge in [-0.3, -0.25) is 9.59 Å². The second-order valence-electron chi connectivity index (χ2n) is 19.5. The number of urea groups is 1. The lowest BCUT2D eigenvalue weighted by Gasteiger charge is -2.17. The average Bonchev–Trinajstić information content (AvgIpc) is 3.45. The summed E-state index contributed by atoms with van der Waals surface area (Å²) in [6.45, 7) is 11.4. The van der Waals surface area contributed by atoms with Gasteiger partial charge in [-0.2, -0.15) is 11.8 Å². The van der Waals surface area contributed by atoms with Gasteiger partial charge in [0.15, 0.2) is 0 Å². The number of rotatable bonds is 53. The fourth-order valence-electron chi connectivity index (χ4n) is 9.14. The molecule has 3 unspecified atom stereocenters. The molecule has 2 heterocycles. The van der Waals surface area contributed by atoms with E-state index in [-0.39, 0.29) is 61.9 Å². The van der Waals surface area contributed by atoms with E-state index >= 15 is 0 Å². The zero-order chi connectivity index (χ0) is 58.6. The summed E-state index contributed by atoms with van der Waals surface area (Å²) in [5.74, 6) is -0.460. The Hall–Kier alpha value is -4.74. The molecule has 24 nitrogen and oxygen atoms in total. The number of hydrogen-bond donors (Lipinski definition) is 6. The molecule has 5 rings (SSSR count). The minimum atomic E-state index is -1.15. The predicted molar refractivity (Wildman–Crippen MR) is 308 cm³/mol. The topological polar surface area (TPSA) is 286 Å². The zero-order valence-corrected chi connectivity index (χ0v) is 49.0. The highest BCUT2D eigenvalue weighted by molar-refractivity contribution is 8.00. The van der Waals surface area contributed by atoms with Crippen LogP contribution < -0.4 is 26.6 Å². The first-order valence-corrected chi connectivity index (χ1v) is 30.3. The number of alkyl carbamates (subject to hydrolysis) is 1. The summed E-state index contributed by atoms with van der Waals surface area (Å²) in [7, 11) is 0. The molecule has 2 aromatic rings. The van der Waals surface area contributed by atoms with E-state index in [0.717, 1.165) is 47.3 Å². The Bertz CT molecular complexity index is 2060. The van der Waals surface area contributed by atoms with Crippen molar-refractivity contribution in [2.45, 2.75) is 80.7 Å². The summed E-state index contributed by atoms with van der Waals surface area (Å²) >= 11 is 1.90. The van der Waals surface area contributed by atoms with Crippen molar-refractivity contribution in [3.05, 3.63) is 59.7 Å². The summed E-state index contributed by atoms with van der Waals surface area (Å²) in [6.07, 6.45) is 3.92. The number of ether oxygens (including phenoxy) is 13. The third-order valence-electron chi connectivity index (χ3n) is 13.4. The molecule has 4 atom stereocenters. The average molecular weight is 1190 g/mol. The van der Waals surface area contributed by atoms with Crippen molar-refractivity contribution in [1.82, 2.24) is 26.6 Å². The van der Waals surface area contributed by atoms with Crippen molar-refractivity contribution in [2.75, 3.05) is 184 Å². The monoisotopic (exact) mass is 1190 g/mol. The largest absolute Gasteiger partial charge is 0.480 e. The van der Waals surface area contributed by atoms with Crippen LogP contribution in [0.4, 0.5) is 9.59 Å². The smallest absolute Gasteiger partial charge is 0.407 e. The fraction of sp³-hybridized carbons (Fsp3) is 0.707. The van der Waals surface area contributed by atoms with Crippen LogP contribution in [0.1, 0.15) is 68.4 Å². The Morgan fingerprint density at radius 3 is 1.43 bits per heavy atom. The van der Waals surface area contributed by atoms with Crippen molar-refractivity contribution >= 4 is 41.7 Å². The van der Waals surface area contributed by atoms with E-state index in [9.17, 15) is 29.1 Å². The van der Waals surface area contributed by atoms with Crippen molar-refractivity contribution in [3.63, 3.8) is 0 Å². The number of carboxylic acids is 1. The molecular formula is C58H91N5O19S. The van der Waals surface area contributed by atoms with Crippen LogP contribution in [-0.2, 0) is 76.0 Å². The van der Waals surface area contributed by atoms with Gasteiger partial charge < -0.3 is 93.3 Å². The van der Waals surface area contributed by atoms with Gasteiger partial charge in [-0.25, -0.2) is 14.4 Å². The molecule has 0 bridgehead atoms. The standard InChI is InChI=1S/C58H91N5O19S/c64-53(15-6-5-14-52-55-51(44-83-52)61-57(68)63-55)60-18-20-71-22-24-73-26-28-75-30-32-77-34-36-79-38-40-81-42-41-80-39-37-78-35-33-76-31-29-74-27-25-72-23-21-70-19-16-54(65)59-17-8-7-13-50(56(66)67)62-58(69)82-43-49-47-11-3-1-9-45(47)46-10-2-4-12-48(46)49/h1-4,9-12,49-52,55H,5-8,13-44H2,(H,59,65)(H,60,64)(H,62,69)(H,66,67)(H2,61,63,68)/t50-,51?,52?,55?/m0/s1. The van der Waals surface area contributed by atoms with Crippen molar-refractivity contribution in [1.29, 1.82) is 0 Å². The Labute approximate surface area is 492 Å². The molecule has 0 radical (unpaired) electrons. The SMILES string of the molecule is O=C(CCCCC1SCC2NC(=O)NC21)NCCOCCOCCOCCOCCOCCOCCOCCOCCOCCOCCOCCOCCC(=O)NCCCC[C@H](NC(=O)OCC1c2ccccc2-c2ccccc21)C(=O)O. The third-order valence-corrected chi connectivity index (χ3v) is 14.9. The number of fused-ring (bicyclic) bond motifs is 4. The summed E-state index contributed by atoms with van der Waals surface area (Å²) in [6, 6.07) is 15.2. The van der Waals surface area contributed by atoms with Gasteiger partial charge >= 0.3 is 18.1 Å². The van der Waals surface area contributed by atoms with E-state index in [0.29, 0.717) is 190 Å². The molecule has 2 fully saturated rings. The molecule has 25 heteroatoms. The molecule has 2 saturated heterocycles. The summed E-state index contributed by atoms with van der Waals surface area (Å²) in [4.78, 5) is 60.3. The second-order valence-corrected chi connectivity index (χ2v) is 20.8. The molecule has 0 saturated carbocycles. The van der Waals surface area contributed by atoms with Gasteiger partial charge in [0, 0.05) is 42.9 Å². The van der Waals surface area contributed by atoms with E-state index in [1.54, 1.807) is 0 Å². The van der Waals surface area contributed by atoms with Gasteiger partial charge in [0.1, 0.15) is 12.6 Å². The van der Waals surface area contributed by atoms with Crippen LogP contribution in [-0.4, -0.2) is 242 Å². The Kier molecular flexibility index (Phi) is 37.2. The third kappa shape index (κ3) is 30.3. The van der Waals surface area contributed by atoms with Crippen molar-refractivity contribution in [2.24, 2.45) is 0 Å². The van der Waals surface area contributed by atoms with Crippen LogP contribution in [0.25, 0.3) is 11.1 Å². The lowest BCUT2D eigenvalue weighted by molar-refractivity contribution is -0.139. The first-order chi connectivity index (χ1) is 40.8. The first kappa shape index (κ1) is 69.0. The maximum atomic E-state index is 12.6. The van der Waals surface area contributed by atoms with Gasteiger partial charge in [0.2, 0.25) is 11.8 Å². The lowest BCUT2D eigenvalue weighted by atomic mass is 9.98. The Morgan fingerprint density at radius 1 is 0.518 bits per heavy atom. The van der Waals surface area contributed by atoms with Gasteiger partial charge in [-0.1, -0.05) is 55.0 Å². The number of thioether (sulfide) groups is 1. The van der Waals surface area contributed by atoms with Gasteiger partial charge in [0.25, 0.3) is 0 Å². The number of aliphatic carboxylic acids is 1. The molecule has 0 aromatic heterocycles. The number of carbonyl (C=O) groups excluding carboxylic acids is 4. The number of benzene rings is 2. The highest BCUT2D eigenvalue weighted by Gasteiger charge is 2.42. The van der Waals surface area contributed by atoms with Crippen LogP contribution in [0.3, 0.4) is 0 Å². The van der Waals surface area contributed by atoms with E-state index < -0.39 is 18.1 Å². The number of amides is 5. The van der Waals surface area contributed by atoms with Crippen LogP contribution >= 0.6 is 11.8 Å². The Balaban J connectivity index is 0.647. The minimum Gasteiger partial charge on any atom is -0.480 e. The fourth-order valence-corrected chi connectivity index (χ4v) is 10.7. The normalized spacial score (nSPS) is 16.4. The zero-order valence-electron chi connectivity index (χ0n) is 48.2. The lowest BCUT2D eigenvalue weighted by Crippen LogP contribution is -2.41. The highest BCUT2D eigenvalue weighted by Crippen LogP contribution is 2.44. The molecule has 6 N–H and O–H groups in total. The molecule has 3 aliphatic rings. The van der Waals surface area contributed by atoms with Gasteiger partial charge in [-0.05, 0) is 54.4 Å². The maximum absolute atomic E-state index is 12.6.